The number of carboxylic acid groups (broad SMARTS) is 2. The fourth-order valence-electron chi connectivity index (χ4n) is 7.63. The Labute approximate surface area is 319 Å². The number of hydrogen-bond donors (Lipinski definition) is 2. The lowest BCUT2D eigenvalue weighted by Gasteiger charge is -2.16. The van der Waals surface area contributed by atoms with Gasteiger partial charge < -0.3 is 10.2 Å². The zero-order valence-corrected chi connectivity index (χ0v) is 30.2. The second kappa shape index (κ2) is 14.6. The molecule has 2 aliphatic rings. The summed E-state index contributed by atoms with van der Waals surface area (Å²) in [4.78, 5) is 58.7. The van der Waals surface area contributed by atoms with Crippen molar-refractivity contribution in [3.8, 4) is 0 Å². The van der Waals surface area contributed by atoms with Gasteiger partial charge in [-0.3, -0.25) is 19.9 Å². The predicted octanol–water partition coefficient (Wildman–Crippen LogP) is 8.29. The van der Waals surface area contributed by atoms with Crippen LogP contribution < -0.4 is 0 Å². The maximum atomic E-state index is 10.3. The Morgan fingerprint density at radius 2 is 0.625 bits per heavy atom. The average Bonchev–Trinajstić information content (AvgIpc) is 3.26. The molecule has 0 saturated carbocycles. The Hall–Kier alpha value is -7.08. The molecular formula is C44H34N8O4. The van der Waals surface area contributed by atoms with Gasteiger partial charge in [-0.2, -0.15) is 0 Å². The van der Waals surface area contributed by atoms with E-state index in [1.807, 2.05) is 49.1 Å². The lowest BCUT2D eigenvalue weighted by molar-refractivity contribution is 0.0681. The summed E-state index contributed by atoms with van der Waals surface area (Å²) in [6, 6.07) is 21.1. The van der Waals surface area contributed by atoms with Crippen molar-refractivity contribution in [3.05, 3.63) is 131 Å². The third-order valence-electron chi connectivity index (χ3n) is 10.3. The first-order valence-corrected chi connectivity index (χ1v) is 18.6. The maximum absolute atomic E-state index is 10.3. The Bertz CT molecular complexity index is 2640. The van der Waals surface area contributed by atoms with Gasteiger partial charge >= 0.3 is 11.9 Å². The number of aryl methyl sites for hydroxylation is 4. The largest absolute Gasteiger partial charge is 0.478 e. The van der Waals surface area contributed by atoms with E-state index < -0.39 is 11.9 Å². The molecule has 274 valence electrons. The van der Waals surface area contributed by atoms with Crippen molar-refractivity contribution in [2.75, 3.05) is 0 Å². The van der Waals surface area contributed by atoms with Crippen molar-refractivity contribution in [2.45, 2.75) is 51.4 Å². The van der Waals surface area contributed by atoms with E-state index in [2.05, 4.69) is 44.2 Å². The van der Waals surface area contributed by atoms with Crippen LogP contribution in [-0.4, -0.2) is 62.0 Å². The predicted molar refractivity (Wildman–Crippen MR) is 214 cm³/mol. The van der Waals surface area contributed by atoms with Gasteiger partial charge in [0.05, 0.1) is 78.0 Å². The van der Waals surface area contributed by atoms with Crippen LogP contribution in [0.15, 0.2) is 97.6 Å². The maximum Gasteiger partial charge on any atom is 0.335 e. The standard InChI is InChI=1S/2C18H14N4.C8H6O4/c2*1-2-8-14-13(7-1)21-17-11-5-3-9-19-15(11)16-12(18(17)22-14)6-4-10-20-16;9-7(10)5-1-2-6(4-3-5)8(11)12/h2*3-6,9-10H,1-2,7-8H2;1-4H,(H,9,10)(H,11,12). The quantitative estimate of drug-likeness (QED) is 0.162. The van der Waals surface area contributed by atoms with Crippen LogP contribution >= 0.6 is 0 Å². The fraction of sp³-hybridized carbons (Fsp3) is 0.182. The van der Waals surface area contributed by atoms with E-state index in [4.69, 9.17) is 30.1 Å². The number of aromatic nitrogens is 8. The molecule has 0 bridgehead atoms. The molecule has 0 atom stereocenters. The topological polar surface area (TPSA) is 178 Å². The van der Waals surface area contributed by atoms with Crippen molar-refractivity contribution in [3.63, 3.8) is 0 Å². The number of fused-ring (bicyclic) bond motifs is 14. The van der Waals surface area contributed by atoms with Crippen molar-refractivity contribution >= 4 is 77.6 Å². The third-order valence-corrected chi connectivity index (χ3v) is 10.3. The molecule has 12 heteroatoms. The number of carbonyl (C=O) groups is 2. The molecule has 12 nitrogen and oxygen atoms in total. The molecule has 0 fully saturated rings. The molecule has 2 N–H and O–H groups in total. The highest BCUT2D eigenvalue weighted by atomic mass is 16.4. The van der Waals surface area contributed by atoms with Gasteiger partial charge in [0, 0.05) is 46.3 Å². The van der Waals surface area contributed by atoms with Crippen molar-refractivity contribution in [2.24, 2.45) is 0 Å². The van der Waals surface area contributed by atoms with E-state index in [0.29, 0.717) is 0 Å². The number of hydrogen-bond acceptors (Lipinski definition) is 10. The second-order valence-corrected chi connectivity index (χ2v) is 13.8. The monoisotopic (exact) mass is 738 g/mol. The molecule has 9 aromatic rings. The minimum absolute atomic E-state index is 0.0833. The van der Waals surface area contributed by atoms with Crippen LogP contribution in [0.4, 0.5) is 0 Å². The van der Waals surface area contributed by atoms with Crippen molar-refractivity contribution in [1.82, 2.24) is 39.9 Å². The van der Waals surface area contributed by atoms with Crippen LogP contribution in [0.5, 0.6) is 0 Å². The van der Waals surface area contributed by atoms with Gasteiger partial charge in [-0.25, -0.2) is 29.5 Å². The van der Waals surface area contributed by atoms with Gasteiger partial charge in [0.25, 0.3) is 0 Å². The van der Waals surface area contributed by atoms with E-state index >= 15 is 0 Å². The van der Waals surface area contributed by atoms with Gasteiger partial charge in [0.1, 0.15) is 0 Å². The lowest BCUT2D eigenvalue weighted by Crippen LogP contribution is -2.08. The molecule has 0 spiro atoms. The summed E-state index contributed by atoms with van der Waals surface area (Å²) in [5, 5.41) is 21.1. The van der Waals surface area contributed by atoms with Crippen LogP contribution in [-0.2, 0) is 25.7 Å². The number of carboxylic acids is 2. The first-order valence-electron chi connectivity index (χ1n) is 18.6. The average molecular weight is 739 g/mol. The van der Waals surface area contributed by atoms with E-state index in [1.54, 1.807) is 0 Å². The summed E-state index contributed by atoms with van der Waals surface area (Å²) < 4.78 is 0. The number of rotatable bonds is 2. The smallest absolute Gasteiger partial charge is 0.335 e. The summed E-state index contributed by atoms with van der Waals surface area (Å²) in [5.74, 6) is -2.13. The molecule has 0 saturated heterocycles. The Morgan fingerprint density at radius 1 is 0.375 bits per heavy atom. The molecule has 56 heavy (non-hydrogen) atoms. The van der Waals surface area contributed by atoms with Crippen molar-refractivity contribution < 1.29 is 19.8 Å². The summed E-state index contributed by atoms with van der Waals surface area (Å²) in [5.41, 5.74) is 12.3. The Kier molecular flexibility index (Phi) is 9.06. The second-order valence-electron chi connectivity index (χ2n) is 13.8. The highest BCUT2D eigenvalue weighted by Crippen LogP contribution is 2.34. The van der Waals surface area contributed by atoms with E-state index in [-0.39, 0.29) is 11.1 Å². The zero-order valence-electron chi connectivity index (χ0n) is 30.2. The summed E-state index contributed by atoms with van der Waals surface area (Å²) in [6.45, 7) is 0. The van der Waals surface area contributed by atoms with E-state index in [9.17, 15) is 9.59 Å². The fourth-order valence-corrected chi connectivity index (χ4v) is 7.63. The first-order chi connectivity index (χ1) is 27.4. The number of pyridine rings is 4. The minimum atomic E-state index is -1.06. The molecule has 2 aliphatic carbocycles. The molecule has 0 radical (unpaired) electrons. The molecule has 0 aliphatic heterocycles. The molecule has 6 heterocycles. The van der Waals surface area contributed by atoms with Gasteiger partial charge in [-0.05, 0) is 124 Å². The van der Waals surface area contributed by atoms with Crippen LogP contribution in [0.25, 0.3) is 65.7 Å². The number of benzene rings is 3. The number of nitrogens with zero attached hydrogens (tertiary/aromatic N) is 8. The van der Waals surface area contributed by atoms with Crippen LogP contribution in [0.1, 0.15) is 69.2 Å². The summed E-state index contributed by atoms with van der Waals surface area (Å²) in [6.07, 6.45) is 16.2. The molecule has 0 unspecified atom stereocenters. The van der Waals surface area contributed by atoms with Gasteiger partial charge in [-0.15, -0.1) is 0 Å². The molecule has 6 aromatic heterocycles. The van der Waals surface area contributed by atoms with E-state index in [0.717, 1.165) is 114 Å². The first kappa shape index (κ1) is 34.7. The lowest BCUT2D eigenvalue weighted by atomic mass is 9.99. The summed E-state index contributed by atoms with van der Waals surface area (Å²) >= 11 is 0. The minimum Gasteiger partial charge on any atom is -0.478 e. The van der Waals surface area contributed by atoms with Gasteiger partial charge in [-0.1, -0.05) is 0 Å². The molecule has 3 aromatic carbocycles. The van der Waals surface area contributed by atoms with Gasteiger partial charge in [0.15, 0.2) is 0 Å². The Balaban J connectivity index is 0.000000115. The van der Waals surface area contributed by atoms with Crippen molar-refractivity contribution in [1.29, 1.82) is 0 Å². The third kappa shape index (κ3) is 6.34. The normalized spacial score (nSPS) is 13.4. The molecular weight excluding hydrogens is 705 g/mol. The highest BCUT2D eigenvalue weighted by molar-refractivity contribution is 6.21. The number of aromatic carboxylic acids is 2. The van der Waals surface area contributed by atoms with Crippen LogP contribution in [0.2, 0.25) is 0 Å². The zero-order chi connectivity index (χ0) is 38.2. The summed E-state index contributed by atoms with van der Waals surface area (Å²) in [7, 11) is 0. The van der Waals surface area contributed by atoms with Gasteiger partial charge in [0.2, 0.25) is 0 Å². The Morgan fingerprint density at radius 3 is 0.857 bits per heavy atom. The highest BCUT2D eigenvalue weighted by Gasteiger charge is 2.20. The van der Waals surface area contributed by atoms with Crippen LogP contribution in [0.3, 0.4) is 0 Å². The molecule has 11 rings (SSSR count). The molecule has 0 amide bonds. The van der Waals surface area contributed by atoms with Crippen LogP contribution in [0, 0.1) is 0 Å². The van der Waals surface area contributed by atoms with E-state index in [1.165, 1.54) is 49.9 Å². The SMILES string of the molecule is O=C(O)c1ccc(C(=O)O)cc1.c1cnc2c(c1)c1nc3c(nc1c1cccnc12)CCCC3.c1cnc2c(c1)c1nc3c(nc1c1cccnc12)CCCC3.